The fraction of sp³-hybridized carbons (Fsp3) is 0.364. The lowest BCUT2D eigenvalue weighted by atomic mass is 10.0. The van der Waals surface area contributed by atoms with Gasteiger partial charge in [0, 0.05) is 62.8 Å². The zero-order valence-corrected chi connectivity index (χ0v) is 15.4. The lowest BCUT2D eigenvalue weighted by Gasteiger charge is -2.42. The first-order valence-electron chi connectivity index (χ1n) is 9.31. The van der Waals surface area contributed by atoms with Crippen molar-refractivity contribution in [3.05, 3.63) is 71.2 Å². The zero-order chi connectivity index (χ0) is 17.8. The number of hydrogen-bond acceptors (Lipinski definition) is 3. The second kappa shape index (κ2) is 7.82. The van der Waals surface area contributed by atoms with Crippen LogP contribution in [0.5, 0.6) is 0 Å². The monoisotopic (exact) mass is 346 g/mol. The highest BCUT2D eigenvalue weighted by molar-refractivity contribution is 5.34. The van der Waals surface area contributed by atoms with E-state index in [2.05, 4.69) is 62.8 Å². The molecule has 1 N–H and O–H groups in total. The third-order valence-corrected chi connectivity index (χ3v) is 5.14. The molecule has 2 aromatic rings. The van der Waals surface area contributed by atoms with Crippen molar-refractivity contribution in [1.29, 1.82) is 0 Å². The summed E-state index contributed by atoms with van der Waals surface area (Å²) in [5.41, 5.74) is 5.47. The van der Waals surface area contributed by atoms with E-state index in [1.54, 1.807) is 11.3 Å². The number of nitrogens with one attached hydrogen (secondary N) is 1. The van der Waals surface area contributed by atoms with Crippen LogP contribution in [0, 0.1) is 11.8 Å². The van der Waals surface area contributed by atoms with Gasteiger partial charge in [-0.15, -0.1) is 0 Å². The summed E-state index contributed by atoms with van der Waals surface area (Å²) in [6, 6.07) is 14.5. The summed E-state index contributed by atoms with van der Waals surface area (Å²) in [5.74, 6) is 6.63. The summed E-state index contributed by atoms with van der Waals surface area (Å²) in [6.45, 7) is 6.01. The van der Waals surface area contributed by atoms with Gasteiger partial charge in [-0.2, -0.15) is 0 Å². The van der Waals surface area contributed by atoms with E-state index in [9.17, 15) is 0 Å². The van der Waals surface area contributed by atoms with Gasteiger partial charge in [-0.05, 0) is 29.8 Å². The van der Waals surface area contributed by atoms with Crippen molar-refractivity contribution in [3.8, 4) is 11.8 Å². The lowest BCUT2D eigenvalue weighted by molar-refractivity contribution is 0.136. The Morgan fingerprint density at radius 3 is 2.69 bits per heavy atom. The van der Waals surface area contributed by atoms with Crippen molar-refractivity contribution in [2.75, 3.05) is 39.9 Å². The van der Waals surface area contributed by atoms with Crippen LogP contribution in [0.2, 0.25) is 0 Å². The van der Waals surface area contributed by atoms with E-state index in [4.69, 9.17) is 0 Å². The van der Waals surface area contributed by atoms with Crippen LogP contribution in [0.4, 0.5) is 0 Å². The van der Waals surface area contributed by atoms with Gasteiger partial charge in [0.2, 0.25) is 0 Å². The van der Waals surface area contributed by atoms with Gasteiger partial charge in [0.05, 0.1) is 13.2 Å². The highest BCUT2D eigenvalue weighted by atomic mass is 15.3. The Morgan fingerprint density at radius 1 is 1.04 bits per heavy atom. The van der Waals surface area contributed by atoms with Crippen LogP contribution >= 0.6 is 0 Å². The van der Waals surface area contributed by atoms with Crippen molar-refractivity contribution in [2.24, 2.45) is 0 Å². The number of aromatic amines is 1. The van der Waals surface area contributed by atoms with Gasteiger partial charge in [0.25, 0.3) is 0 Å². The van der Waals surface area contributed by atoms with E-state index in [1.165, 1.54) is 5.69 Å². The number of H-pyrrole nitrogens is 1. The molecule has 4 nitrogen and oxygen atoms in total. The predicted octanol–water partition coefficient (Wildman–Crippen LogP) is 2.73. The molecule has 1 aromatic carbocycles. The number of hydrogen-bond donors (Lipinski definition) is 1. The third kappa shape index (κ3) is 4.01. The molecule has 0 bridgehead atoms. The second-order valence-corrected chi connectivity index (χ2v) is 7.20. The normalized spacial score (nSPS) is 18.4. The van der Waals surface area contributed by atoms with E-state index >= 15 is 0 Å². The average molecular weight is 346 g/mol. The van der Waals surface area contributed by atoms with Crippen LogP contribution in [0.3, 0.4) is 0 Å². The van der Waals surface area contributed by atoms with Crippen LogP contribution in [-0.2, 0) is 6.54 Å². The highest BCUT2D eigenvalue weighted by Crippen LogP contribution is 2.26. The van der Waals surface area contributed by atoms with E-state index in [-0.39, 0.29) is 0 Å². The molecule has 4 heteroatoms. The van der Waals surface area contributed by atoms with Gasteiger partial charge >= 0.3 is 0 Å². The largest absolute Gasteiger partial charge is 0.365 e. The SMILES string of the molecule is CN1CN(Cc2ccc[nH]2)CC2=C1CCN(CC#Cc1ccccc1)C2. The highest BCUT2D eigenvalue weighted by Gasteiger charge is 2.27. The molecule has 26 heavy (non-hydrogen) atoms. The van der Waals surface area contributed by atoms with E-state index < -0.39 is 0 Å². The Balaban J connectivity index is 1.38. The first-order valence-corrected chi connectivity index (χ1v) is 9.31. The Hall–Kier alpha value is -2.48. The zero-order valence-electron chi connectivity index (χ0n) is 15.4. The minimum atomic E-state index is 0.839. The molecule has 0 fully saturated rings. The summed E-state index contributed by atoms with van der Waals surface area (Å²) in [6.07, 6.45) is 3.14. The van der Waals surface area contributed by atoms with Crippen LogP contribution in [0.15, 0.2) is 59.9 Å². The second-order valence-electron chi connectivity index (χ2n) is 7.20. The standard InChI is InChI=1S/C22H26N4/c1-24-18-26(17-21-10-5-12-23-21)16-20-15-25(14-11-22(20)24)13-6-9-19-7-3-2-4-8-19/h2-5,7-8,10,12,23H,11,13-18H2,1H3. The van der Waals surface area contributed by atoms with Crippen LogP contribution in [0.25, 0.3) is 0 Å². The maximum Gasteiger partial charge on any atom is 0.0707 e. The quantitative estimate of drug-likeness (QED) is 0.866. The molecule has 0 radical (unpaired) electrons. The summed E-state index contributed by atoms with van der Waals surface area (Å²) >= 11 is 0. The molecule has 0 saturated heterocycles. The minimum Gasteiger partial charge on any atom is -0.365 e. The van der Waals surface area contributed by atoms with Crippen LogP contribution < -0.4 is 0 Å². The average Bonchev–Trinajstić information content (AvgIpc) is 3.15. The molecule has 4 rings (SSSR count). The number of nitrogens with zero attached hydrogens (tertiary/aromatic N) is 3. The lowest BCUT2D eigenvalue weighted by Crippen LogP contribution is -2.47. The fourth-order valence-electron chi connectivity index (χ4n) is 3.91. The van der Waals surface area contributed by atoms with Crippen molar-refractivity contribution in [3.63, 3.8) is 0 Å². The molecule has 0 unspecified atom stereocenters. The molecule has 2 aliphatic rings. The van der Waals surface area contributed by atoms with Gasteiger partial charge in [-0.1, -0.05) is 30.0 Å². The van der Waals surface area contributed by atoms with Crippen LogP contribution in [-0.4, -0.2) is 59.6 Å². The first kappa shape index (κ1) is 17.0. The molecular weight excluding hydrogens is 320 g/mol. The topological polar surface area (TPSA) is 25.5 Å². The molecule has 0 spiro atoms. The third-order valence-electron chi connectivity index (χ3n) is 5.14. The van der Waals surface area contributed by atoms with Gasteiger partial charge in [0.15, 0.2) is 0 Å². The van der Waals surface area contributed by atoms with Gasteiger partial charge in [-0.25, -0.2) is 0 Å². The van der Waals surface area contributed by atoms with Crippen molar-refractivity contribution in [1.82, 2.24) is 19.7 Å². The Labute approximate surface area is 156 Å². The molecule has 2 aliphatic heterocycles. The van der Waals surface area contributed by atoms with E-state index in [0.717, 1.165) is 51.4 Å². The summed E-state index contributed by atoms with van der Waals surface area (Å²) < 4.78 is 0. The number of rotatable bonds is 3. The number of aromatic nitrogens is 1. The first-order chi connectivity index (χ1) is 12.8. The van der Waals surface area contributed by atoms with Crippen molar-refractivity contribution in [2.45, 2.75) is 13.0 Å². The van der Waals surface area contributed by atoms with E-state index in [0.29, 0.717) is 0 Å². The number of benzene rings is 1. The van der Waals surface area contributed by atoms with Gasteiger partial charge in [-0.3, -0.25) is 9.80 Å². The molecular formula is C22H26N4. The van der Waals surface area contributed by atoms with Gasteiger partial charge in [0.1, 0.15) is 0 Å². The van der Waals surface area contributed by atoms with Crippen molar-refractivity contribution < 1.29 is 0 Å². The molecule has 1 aromatic heterocycles. The van der Waals surface area contributed by atoms with Gasteiger partial charge < -0.3 is 9.88 Å². The molecule has 0 atom stereocenters. The fourth-order valence-corrected chi connectivity index (χ4v) is 3.91. The van der Waals surface area contributed by atoms with Crippen LogP contribution in [0.1, 0.15) is 17.7 Å². The molecule has 3 heterocycles. The predicted molar refractivity (Wildman–Crippen MR) is 105 cm³/mol. The molecule has 0 aliphatic carbocycles. The maximum atomic E-state index is 3.35. The molecule has 0 saturated carbocycles. The molecule has 134 valence electrons. The van der Waals surface area contributed by atoms with E-state index in [1.807, 2.05) is 24.4 Å². The Morgan fingerprint density at radius 2 is 1.88 bits per heavy atom. The smallest absolute Gasteiger partial charge is 0.0707 e. The summed E-state index contributed by atoms with van der Waals surface area (Å²) in [7, 11) is 2.22. The summed E-state index contributed by atoms with van der Waals surface area (Å²) in [4.78, 5) is 10.7. The summed E-state index contributed by atoms with van der Waals surface area (Å²) in [5, 5.41) is 0. The minimum absolute atomic E-state index is 0.839. The Kier molecular flexibility index (Phi) is 5.10. The Bertz CT molecular complexity index is 811. The maximum absolute atomic E-state index is 3.35. The molecule has 0 amide bonds. The van der Waals surface area contributed by atoms with Crippen molar-refractivity contribution >= 4 is 0 Å².